The molecule has 0 saturated heterocycles. The van der Waals surface area contributed by atoms with Gasteiger partial charge in [-0.15, -0.1) is 0 Å². The average Bonchev–Trinajstić information content (AvgIpc) is 2.86. The van der Waals surface area contributed by atoms with Crippen LogP contribution in [0, 0.1) is 0 Å². The molecule has 0 heterocycles. The van der Waals surface area contributed by atoms with E-state index in [4.69, 9.17) is 38.4 Å². The zero-order valence-electron chi connectivity index (χ0n) is 19.6. The highest BCUT2D eigenvalue weighted by Crippen LogP contribution is 2.42. The second-order valence-electron chi connectivity index (χ2n) is 8.65. The summed E-state index contributed by atoms with van der Waals surface area (Å²) in [6, 6.07) is 9.67. The first kappa shape index (κ1) is 27.1. The number of carbonyl (C=O) groups excluding carboxylic acids is 2. The maximum atomic E-state index is 13.1. The Bertz CT molecular complexity index is 997. The number of phenolic OH excluding ortho intramolecular Hbond substituents is 1. The lowest BCUT2D eigenvalue weighted by molar-refractivity contribution is -0.152. The van der Waals surface area contributed by atoms with Crippen LogP contribution in [0.5, 0.6) is 11.5 Å². The largest absolute Gasteiger partial charge is 0.505 e. The number of esters is 1. The molecule has 0 unspecified atom stereocenters. The van der Waals surface area contributed by atoms with Crippen LogP contribution in [0.25, 0.3) is 0 Å². The highest BCUT2D eigenvalue weighted by molar-refractivity contribution is 6.39. The molecule has 1 saturated carbocycles. The predicted octanol–water partition coefficient (Wildman–Crippen LogP) is 5.03. The van der Waals surface area contributed by atoms with Gasteiger partial charge in [0.1, 0.15) is 17.2 Å². The Hall–Kier alpha value is -2.48. The zero-order valence-corrected chi connectivity index (χ0v) is 21.1. The predicted molar refractivity (Wildman–Crippen MR) is 136 cm³/mol. The third-order valence-electron chi connectivity index (χ3n) is 5.95. The average molecular weight is 523 g/mol. The summed E-state index contributed by atoms with van der Waals surface area (Å²) in [7, 11) is 0. The van der Waals surface area contributed by atoms with Crippen LogP contribution < -0.4 is 15.8 Å². The lowest BCUT2D eigenvalue weighted by atomic mass is 9.97. The number of halogens is 2. The summed E-state index contributed by atoms with van der Waals surface area (Å²) in [5.74, 6) is -1.58. The van der Waals surface area contributed by atoms with Crippen molar-refractivity contribution < 1.29 is 24.2 Å². The number of amides is 1. The molecule has 0 radical (unpaired) electrons. The van der Waals surface area contributed by atoms with Gasteiger partial charge in [-0.2, -0.15) is 0 Å². The first-order valence-corrected chi connectivity index (χ1v) is 12.8. The third-order valence-corrected chi connectivity index (χ3v) is 6.58. The molecule has 0 aliphatic heterocycles. The summed E-state index contributed by atoms with van der Waals surface area (Å²) in [4.78, 5) is 26.2. The summed E-state index contributed by atoms with van der Waals surface area (Å²) in [6.07, 6.45) is 6.33. The molecule has 1 amide bonds. The maximum Gasteiger partial charge on any atom is 0.329 e. The summed E-state index contributed by atoms with van der Waals surface area (Å²) in [5, 5.41) is 13.2. The molecule has 3 rings (SSSR count). The molecule has 4 N–H and O–H groups in total. The third kappa shape index (κ3) is 7.75. The van der Waals surface area contributed by atoms with Gasteiger partial charge in [0, 0.05) is 6.42 Å². The first-order valence-electron chi connectivity index (χ1n) is 12.0. The molecule has 0 bridgehead atoms. The van der Waals surface area contributed by atoms with Gasteiger partial charge in [0.25, 0.3) is 5.91 Å². The van der Waals surface area contributed by atoms with Crippen LogP contribution in [-0.2, 0) is 16.0 Å². The molecule has 0 spiro atoms. The Labute approximate surface area is 215 Å². The van der Waals surface area contributed by atoms with Crippen molar-refractivity contribution in [3.63, 3.8) is 0 Å². The second-order valence-corrected chi connectivity index (χ2v) is 9.44. The minimum Gasteiger partial charge on any atom is -0.505 e. The molecular weight excluding hydrogens is 491 g/mol. The standard InChI is InChI=1S/C26H32Cl2N2O5/c27-20-16-19(23(31)22(28)24(20)34-14-8-7-13-29)25(32)30-21(15-17-9-3-1-4-10-17)26(33)35-18-11-5-2-6-12-18/h1,3-4,9-10,16,18,21,31H,2,5-8,11-15,29H2,(H,30,32)/t21-/m0/s1. The highest BCUT2D eigenvalue weighted by Gasteiger charge is 2.29. The van der Waals surface area contributed by atoms with Gasteiger partial charge in [0.05, 0.1) is 17.2 Å². The molecule has 1 aliphatic rings. The number of phenols is 1. The molecule has 190 valence electrons. The van der Waals surface area contributed by atoms with Crippen molar-refractivity contribution in [3.05, 3.63) is 57.6 Å². The Balaban J connectivity index is 1.77. The van der Waals surface area contributed by atoms with E-state index < -0.39 is 23.7 Å². The minimum atomic E-state index is -0.948. The van der Waals surface area contributed by atoms with Crippen molar-refractivity contribution in [1.29, 1.82) is 0 Å². The second kappa shape index (κ2) is 13.6. The zero-order chi connectivity index (χ0) is 25.2. The van der Waals surface area contributed by atoms with Crippen LogP contribution in [0.15, 0.2) is 36.4 Å². The van der Waals surface area contributed by atoms with Crippen molar-refractivity contribution in [1.82, 2.24) is 5.32 Å². The number of aromatic hydroxyl groups is 1. The van der Waals surface area contributed by atoms with Crippen LogP contribution in [0.1, 0.15) is 60.9 Å². The monoisotopic (exact) mass is 522 g/mol. The number of hydrogen-bond acceptors (Lipinski definition) is 6. The van der Waals surface area contributed by atoms with Crippen molar-refractivity contribution in [2.24, 2.45) is 5.73 Å². The molecule has 1 atom stereocenters. The van der Waals surface area contributed by atoms with E-state index in [-0.39, 0.29) is 33.9 Å². The van der Waals surface area contributed by atoms with E-state index in [0.717, 1.165) is 44.1 Å². The SMILES string of the molecule is NCCCCOc1c(Cl)cc(C(=O)N[C@@H](Cc2ccccc2)C(=O)OC2CCCCC2)c(O)c1Cl. The lowest BCUT2D eigenvalue weighted by Crippen LogP contribution is -2.44. The Morgan fingerprint density at radius 2 is 1.83 bits per heavy atom. The van der Waals surface area contributed by atoms with Gasteiger partial charge in [-0.05, 0) is 56.7 Å². The van der Waals surface area contributed by atoms with E-state index in [0.29, 0.717) is 19.6 Å². The number of benzene rings is 2. The van der Waals surface area contributed by atoms with Crippen LogP contribution >= 0.6 is 23.2 Å². The van der Waals surface area contributed by atoms with Gasteiger partial charge >= 0.3 is 5.97 Å². The van der Waals surface area contributed by atoms with Crippen LogP contribution in [0.3, 0.4) is 0 Å². The Morgan fingerprint density at radius 1 is 1.11 bits per heavy atom. The van der Waals surface area contributed by atoms with Gasteiger partial charge in [0.15, 0.2) is 11.5 Å². The van der Waals surface area contributed by atoms with E-state index in [1.807, 2.05) is 30.3 Å². The van der Waals surface area contributed by atoms with Gasteiger partial charge in [0.2, 0.25) is 0 Å². The normalized spacial score (nSPS) is 14.8. The van der Waals surface area contributed by atoms with E-state index in [1.165, 1.54) is 6.07 Å². The number of nitrogens with one attached hydrogen (secondary N) is 1. The Morgan fingerprint density at radius 3 is 2.51 bits per heavy atom. The van der Waals surface area contributed by atoms with Crippen molar-refractivity contribution in [3.8, 4) is 11.5 Å². The van der Waals surface area contributed by atoms with Gasteiger partial charge in [-0.3, -0.25) is 4.79 Å². The van der Waals surface area contributed by atoms with E-state index in [1.54, 1.807) is 0 Å². The van der Waals surface area contributed by atoms with E-state index >= 15 is 0 Å². The smallest absolute Gasteiger partial charge is 0.329 e. The number of rotatable bonds is 11. The highest BCUT2D eigenvalue weighted by atomic mass is 35.5. The van der Waals surface area contributed by atoms with Crippen LogP contribution in [-0.4, -0.2) is 42.3 Å². The number of nitrogens with two attached hydrogens (primary N) is 1. The molecule has 35 heavy (non-hydrogen) atoms. The number of carbonyl (C=O) groups is 2. The molecule has 1 aliphatic carbocycles. The van der Waals surface area contributed by atoms with Crippen LogP contribution in [0.4, 0.5) is 0 Å². The fourth-order valence-corrected chi connectivity index (χ4v) is 4.59. The number of unbranched alkanes of at least 4 members (excludes halogenated alkanes) is 1. The van der Waals surface area contributed by atoms with Crippen molar-refractivity contribution in [2.45, 2.75) is 63.5 Å². The maximum absolute atomic E-state index is 13.1. The first-order chi connectivity index (χ1) is 16.9. The summed E-state index contributed by atoms with van der Waals surface area (Å²) < 4.78 is 11.3. The molecule has 9 heteroatoms. The van der Waals surface area contributed by atoms with E-state index in [2.05, 4.69) is 5.32 Å². The van der Waals surface area contributed by atoms with Crippen molar-refractivity contribution in [2.75, 3.05) is 13.2 Å². The fourth-order valence-electron chi connectivity index (χ4n) is 4.03. The molecule has 2 aromatic rings. The Kier molecular flexibility index (Phi) is 10.5. The molecule has 2 aromatic carbocycles. The molecular formula is C26H32Cl2N2O5. The van der Waals surface area contributed by atoms with Gasteiger partial charge in [-0.1, -0.05) is 60.0 Å². The molecule has 0 aromatic heterocycles. The lowest BCUT2D eigenvalue weighted by Gasteiger charge is -2.25. The molecule has 1 fully saturated rings. The topological polar surface area (TPSA) is 111 Å². The van der Waals surface area contributed by atoms with Gasteiger partial charge in [-0.25, -0.2) is 4.79 Å². The molecule has 7 nitrogen and oxygen atoms in total. The number of ether oxygens (including phenoxy) is 2. The summed E-state index contributed by atoms with van der Waals surface area (Å²) >= 11 is 12.6. The number of hydrogen-bond donors (Lipinski definition) is 3. The van der Waals surface area contributed by atoms with Crippen molar-refractivity contribution >= 4 is 35.1 Å². The summed E-state index contributed by atoms with van der Waals surface area (Å²) in [6.45, 7) is 0.844. The minimum absolute atomic E-state index is 0.0788. The van der Waals surface area contributed by atoms with Crippen LogP contribution in [0.2, 0.25) is 10.0 Å². The fraction of sp³-hybridized carbons (Fsp3) is 0.462. The van der Waals surface area contributed by atoms with E-state index in [9.17, 15) is 14.7 Å². The van der Waals surface area contributed by atoms with Gasteiger partial charge < -0.3 is 25.6 Å². The summed E-state index contributed by atoms with van der Waals surface area (Å²) in [5.41, 5.74) is 6.19. The quantitative estimate of drug-likeness (QED) is 0.281.